The minimum absolute atomic E-state index is 0.212. The van der Waals surface area contributed by atoms with Gasteiger partial charge in [-0.25, -0.2) is 4.79 Å². The fourth-order valence-corrected chi connectivity index (χ4v) is 3.94. The first-order valence-corrected chi connectivity index (χ1v) is 10.5. The fourth-order valence-electron chi connectivity index (χ4n) is 3.82. The Morgan fingerprint density at radius 3 is 2.62 bits per heavy atom. The van der Waals surface area contributed by atoms with Crippen molar-refractivity contribution in [3.05, 3.63) is 63.7 Å². The fraction of sp³-hybridized carbons (Fsp3) is 0.435. The second kappa shape index (κ2) is 9.51. The molecule has 0 aromatic heterocycles. The van der Waals surface area contributed by atoms with Crippen molar-refractivity contribution in [3.8, 4) is 0 Å². The largest absolute Gasteiger partial charge is 0.506 e. The first-order chi connectivity index (χ1) is 13.9. The number of nitrogens with zero attached hydrogens (tertiary/aromatic N) is 1. The molecular formula is C23H29ClN2O3. The second-order valence-electron chi connectivity index (χ2n) is 7.65. The number of aryl methyl sites for hydroxylation is 2. The summed E-state index contributed by atoms with van der Waals surface area (Å²) in [4.78, 5) is 12.9. The van der Waals surface area contributed by atoms with Crippen LogP contribution in [0.2, 0.25) is 5.02 Å². The first-order valence-electron chi connectivity index (χ1n) is 10.2. The number of anilines is 1. The van der Waals surface area contributed by atoms with Gasteiger partial charge in [0.25, 0.3) is 0 Å². The minimum Gasteiger partial charge on any atom is -0.450 e. The molecule has 0 saturated carbocycles. The molecule has 1 heterocycles. The smallest absolute Gasteiger partial charge is 0.450 e. The Hall–Kier alpha value is -2.24. The predicted octanol–water partition coefficient (Wildman–Crippen LogP) is 5.65. The van der Waals surface area contributed by atoms with Crippen LogP contribution in [0.5, 0.6) is 0 Å². The van der Waals surface area contributed by atoms with Crippen molar-refractivity contribution < 1.29 is 14.6 Å². The molecule has 0 aliphatic carbocycles. The lowest BCUT2D eigenvalue weighted by Gasteiger charge is -2.38. The number of halogens is 1. The van der Waals surface area contributed by atoms with Crippen LogP contribution < -0.4 is 5.32 Å². The maximum Gasteiger partial charge on any atom is 0.506 e. The van der Waals surface area contributed by atoms with E-state index in [0.717, 1.165) is 35.7 Å². The number of likely N-dealkylation sites (tertiary alicyclic amines) is 1. The van der Waals surface area contributed by atoms with Gasteiger partial charge < -0.3 is 15.2 Å². The Bertz CT molecular complexity index is 865. The summed E-state index contributed by atoms with van der Waals surface area (Å²) in [6, 6.07) is 12.9. The third kappa shape index (κ3) is 5.43. The molecule has 5 nitrogen and oxygen atoms in total. The van der Waals surface area contributed by atoms with E-state index in [1.54, 1.807) is 0 Å². The Balaban J connectivity index is 1.70. The van der Waals surface area contributed by atoms with E-state index in [4.69, 9.17) is 21.4 Å². The zero-order valence-electron chi connectivity index (χ0n) is 17.2. The number of hydrogen-bond acceptors (Lipinski definition) is 4. The van der Waals surface area contributed by atoms with Crippen molar-refractivity contribution in [2.75, 3.05) is 18.4 Å². The summed E-state index contributed by atoms with van der Waals surface area (Å²) in [6.45, 7) is 8.45. The van der Waals surface area contributed by atoms with Crippen LogP contribution in [0.1, 0.15) is 48.6 Å². The quantitative estimate of drug-likeness (QED) is 0.544. The van der Waals surface area contributed by atoms with E-state index < -0.39 is 6.16 Å². The summed E-state index contributed by atoms with van der Waals surface area (Å²) < 4.78 is 4.82. The third-order valence-corrected chi connectivity index (χ3v) is 5.93. The van der Waals surface area contributed by atoms with Crippen LogP contribution in [0.3, 0.4) is 0 Å². The number of carbonyl (C=O) groups is 1. The van der Waals surface area contributed by atoms with Crippen LogP contribution in [0.25, 0.3) is 0 Å². The van der Waals surface area contributed by atoms with E-state index in [2.05, 4.69) is 54.4 Å². The lowest BCUT2D eigenvalue weighted by molar-refractivity contribution is -0.0364. The van der Waals surface area contributed by atoms with Gasteiger partial charge in [0.05, 0.1) is 6.04 Å². The van der Waals surface area contributed by atoms with E-state index in [0.29, 0.717) is 13.1 Å². The van der Waals surface area contributed by atoms with Gasteiger partial charge in [0.1, 0.15) is 6.10 Å². The molecule has 0 unspecified atom stereocenters. The number of ether oxygens (including phenoxy) is 1. The van der Waals surface area contributed by atoms with Gasteiger partial charge in [-0.1, -0.05) is 43.6 Å². The Morgan fingerprint density at radius 2 is 2.00 bits per heavy atom. The van der Waals surface area contributed by atoms with Gasteiger partial charge in [-0.3, -0.25) is 4.90 Å². The number of nitrogens with one attached hydrogen (secondary N) is 1. The van der Waals surface area contributed by atoms with Crippen LogP contribution in [-0.2, 0) is 17.7 Å². The molecule has 0 spiro atoms. The highest BCUT2D eigenvalue weighted by molar-refractivity contribution is 6.31. The molecule has 0 amide bonds. The average molecular weight is 417 g/mol. The normalized spacial score (nSPS) is 15.6. The molecule has 1 saturated heterocycles. The number of hydrogen-bond donors (Lipinski definition) is 2. The van der Waals surface area contributed by atoms with Gasteiger partial charge in [0.2, 0.25) is 0 Å². The molecule has 1 aliphatic heterocycles. The monoisotopic (exact) mass is 416 g/mol. The van der Waals surface area contributed by atoms with Gasteiger partial charge >= 0.3 is 6.16 Å². The molecule has 3 rings (SSSR count). The molecule has 0 radical (unpaired) electrons. The summed E-state index contributed by atoms with van der Waals surface area (Å²) in [5.74, 6) is 0. The summed E-state index contributed by atoms with van der Waals surface area (Å²) >= 11 is 6.18. The van der Waals surface area contributed by atoms with Crippen LogP contribution in [-0.4, -0.2) is 35.4 Å². The van der Waals surface area contributed by atoms with Crippen molar-refractivity contribution in [1.29, 1.82) is 0 Å². The zero-order chi connectivity index (χ0) is 21.0. The molecule has 0 bridgehead atoms. The predicted molar refractivity (Wildman–Crippen MR) is 117 cm³/mol. The van der Waals surface area contributed by atoms with Gasteiger partial charge in [-0.05, 0) is 60.2 Å². The second-order valence-corrected chi connectivity index (χ2v) is 8.06. The Morgan fingerprint density at radius 1 is 1.24 bits per heavy atom. The lowest BCUT2D eigenvalue weighted by atomic mass is 9.99. The van der Waals surface area contributed by atoms with Crippen LogP contribution in [0.4, 0.5) is 10.5 Å². The number of carboxylic acid groups (broad SMARTS) is 1. The average Bonchev–Trinajstić information content (AvgIpc) is 2.66. The standard InChI is InChI=1S/C23H29ClN2O3/c1-4-16-6-8-19(11-18(16)12-26-13-20(14-26)29-23(27)28)25-22(5-2)17-7-9-21(24)15(3)10-17/h6-11,20,22,25H,4-5,12-14H2,1-3H3,(H,27,28)/t22-/m1/s1. The SMILES string of the molecule is CCc1ccc(N[C@H](CC)c2ccc(Cl)c(C)c2)cc1CN1CC(OC(=O)O)C1. The first kappa shape index (κ1) is 21.5. The Labute approximate surface area is 177 Å². The maximum absolute atomic E-state index is 10.6. The van der Waals surface area contributed by atoms with Crippen LogP contribution in [0.15, 0.2) is 36.4 Å². The highest BCUT2D eigenvalue weighted by Crippen LogP contribution is 2.28. The Kier molecular flexibility index (Phi) is 7.04. The van der Waals surface area contributed by atoms with Gasteiger partial charge in [-0.15, -0.1) is 0 Å². The van der Waals surface area contributed by atoms with E-state index in [9.17, 15) is 4.79 Å². The van der Waals surface area contributed by atoms with E-state index in [1.165, 1.54) is 16.7 Å². The molecule has 1 atom stereocenters. The van der Waals surface area contributed by atoms with Crippen molar-refractivity contribution in [3.63, 3.8) is 0 Å². The summed E-state index contributed by atoms with van der Waals surface area (Å²) in [7, 11) is 0. The molecule has 156 valence electrons. The van der Waals surface area contributed by atoms with Gasteiger partial charge in [-0.2, -0.15) is 0 Å². The van der Waals surface area contributed by atoms with E-state index in [1.807, 2.05) is 13.0 Å². The van der Waals surface area contributed by atoms with Crippen LogP contribution in [0, 0.1) is 6.92 Å². The third-order valence-electron chi connectivity index (χ3n) is 5.51. The molecule has 1 aliphatic rings. The van der Waals surface area contributed by atoms with E-state index in [-0.39, 0.29) is 12.1 Å². The molecule has 29 heavy (non-hydrogen) atoms. The topological polar surface area (TPSA) is 61.8 Å². The van der Waals surface area contributed by atoms with Crippen molar-refractivity contribution in [1.82, 2.24) is 4.90 Å². The molecule has 1 fully saturated rings. The van der Waals surface area contributed by atoms with Crippen LogP contribution >= 0.6 is 11.6 Å². The van der Waals surface area contributed by atoms with Crippen molar-refractivity contribution >= 4 is 23.4 Å². The molecule has 2 aromatic carbocycles. The van der Waals surface area contributed by atoms with Gasteiger partial charge in [0, 0.05) is 30.3 Å². The molecule has 2 N–H and O–H groups in total. The number of benzene rings is 2. The summed E-state index contributed by atoms with van der Waals surface area (Å²) in [5.41, 5.74) is 5.99. The lowest BCUT2D eigenvalue weighted by Crippen LogP contribution is -2.52. The summed E-state index contributed by atoms with van der Waals surface area (Å²) in [6.07, 6.45) is 0.521. The van der Waals surface area contributed by atoms with Gasteiger partial charge in [0.15, 0.2) is 0 Å². The zero-order valence-corrected chi connectivity index (χ0v) is 18.0. The highest BCUT2D eigenvalue weighted by atomic mass is 35.5. The van der Waals surface area contributed by atoms with E-state index >= 15 is 0 Å². The maximum atomic E-state index is 10.6. The molecule has 2 aromatic rings. The highest BCUT2D eigenvalue weighted by Gasteiger charge is 2.30. The minimum atomic E-state index is -1.20. The summed E-state index contributed by atoms with van der Waals surface area (Å²) in [5, 5.41) is 13.2. The molecule has 6 heteroatoms. The van der Waals surface area contributed by atoms with Crippen molar-refractivity contribution in [2.45, 2.75) is 52.3 Å². The number of rotatable bonds is 8. The molecular weight excluding hydrogens is 388 g/mol. The van der Waals surface area contributed by atoms with Crippen molar-refractivity contribution in [2.24, 2.45) is 0 Å².